The molecule has 1 N–H and O–H groups in total. The molecule has 0 unspecified atom stereocenters. The molecule has 2 aromatic rings. The summed E-state index contributed by atoms with van der Waals surface area (Å²) < 4.78 is 15.2. The van der Waals surface area contributed by atoms with Crippen LogP contribution in [0.25, 0.3) is 5.69 Å². The SMILES string of the molecule is Cc1nn(-c2c(F)cccc2C(=O)O)c(C)c1C. The molecule has 5 heteroatoms. The van der Waals surface area contributed by atoms with Crippen molar-refractivity contribution in [3.63, 3.8) is 0 Å². The molecular formula is C13H13FN2O2. The van der Waals surface area contributed by atoms with Crippen LogP contribution in [0.1, 0.15) is 27.3 Å². The molecule has 0 spiro atoms. The number of hydrogen-bond donors (Lipinski definition) is 1. The van der Waals surface area contributed by atoms with Crippen molar-refractivity contribution in [3.8, 4) is 5.69 Å². The highest BCUT2D eigenvalue weighted by Gasteiger charge is 2.19. The molecule has 4 nitrogen and oxygen atoms in total. The molecule has 0 fully saturated rings. The van der Waals surface area contributed by atoms with Crippen molar-refractivity contribution in [2.45, 2.75) is 20.8 Å². The number of carbonyl (C=O) groups is 1. The highest BCUT2D eigenvalue weighted by molar-refractivity contribution is 5.92. The Morgan fingerprint density at radius 2 is 2.00 bits per heavy atom. The Kier molecular flexibility index (Phi) is 2.90. The van der Waals surface area contributed by atoms with Crippen molar-refractivity contribution in [2.75, 3.05) is 0 Å². The normalized spacial score (nSPS) is 10.7. The predicted octanol–water partition coefficient (Wildman–Crippen LogP) is 2.63. The summed E-state index contributed by atoms with van der Waals surface area (Å²) in [4.78, 5) is 11.1. The van der Waals surface area contributed by atoms with E-state index in [0.717, 1.165) is 17.0 Å². The first-order valence-electron chi connectivity index (χ1n) is 5.48. The lowest BCUT2D eigenvalue weighted by Gasteiger charge is -2.09. The molecule has 0 bridgehead atoms. The Morgan fingerprint density at radius 1 is 1.33 bits per heavy atom. The second kappa shape index (κ2) is 4.25. The second-order valence-corrected chi connectivity index (χ2v) is 4.15. The number of aryl methyl sites for hydroxylation is 1. The average molecular weight is 248 g/mol. The van der Waals surface area contributed by atoms with Gasteiger partial charge in [0.15, 0.2) is 0 Å². The van der Waals surface area contributed by atoms with Gasteiger partial charge in [0.25, 0.3) is 0 Å². The van der Waals surface area contributed by atoms with E-state index in [0.29, 0.717) is 0 Å². The Bertz CT molecular complexity index is 632. The van der Waals surface area contributed by atoms with E-state index in [1.54, 1.807) is 13.8 Å². The number of aromatic carboxylic acids is 1. The number of nitrogens with zero attached hydrogens (tertiary/aromatic N) is 2. The first kappa shape index (κ1) is 12.3. The number of carboxylic acid groups (broad SMARTS) is 1. The van der Waals surface area contributed by atoms with Gasteiger partial charge in [-0.05, 0) is 38.5 Å². The monoisotopic (exact) mass is 248 g/mol. The lowest BCUT2D eigenvalue weighted by atomic mass is 10.1. The number of halogens is 1. The van der Waals surface area contributed by atoms with Crippen LogP contribution in [0.2, 0.25) is 0 Å². The zero-order valence-corrected chi connectivity index (χ0v) is 10.4. The molecule has 1 heterocycles. The van der Waals surface area contributed by atoms with Crippen LogP contribution in [0.15, 0.2) is 18.2 Å². The standard InChI is InChI=1S/C13H13FN2O2/c1-7-8(2)15-16(9(7)3)12-10(13(17)18)5-4-6-11(12)14/h4-6H,1-3H3,(H,17,18). The van der Waals surface area contributed by atoms with E-state index >= 15 is 0 Å². The molecule has 18 heavy (non-hydrogen) atoms. The van der Waals surface area contributed by atoms with Gasteiger partial charge in [-0.25, -0.2) is 13.9 Å². The third-order valence-corrected chi connectivity index (χ3v) is 3.08. The topological polar surface area (TPSA) is 55.1 Å². The molecule has 2 rings (SSSR count). The first-order chi connectivity index (χ1) is 8.43. The van der Waals surface area contributed by atoms with Gasteiger partial charge in [0.2, 0.25) is 0 Å². The number of rotatable bonds is 2. The van der Waals surface area contributed by atoms with Crippen molar-refractivity contribution in [1.82, 2.24) is 9.78 Å². The third-order valence-electron chi connectivity index (χ3n) is 3.08. The summed E-state index contributed by atoms with van der Waals surface area (Å²) in [7, 11) is 0. The fourth-order valence-corrected chi connectivity index (χ4v) is 1.84. The predicted molar refractivity (Wildman–Crippen MR) is 64.7 cm³/mol. The summed E-state index contributed by atoms with van der Waals surface area (Å²) >= 11 is 0. The molecule has 1 aromatic heterocycles. The van der Waals surface area contributed by atoms with Gasteiger partial charge >= 0.3 is 5.97 Å². The van der Waals surface area contributed by atoms with E-state index in [2.05, 4.69) is 5.10 Å². The van der Waals surface area contributed by atoms with Crippen molar-refractivity contribution >= 4 is 5.97 Å². The van der Waals surface area contributed by atoms with E-state index in [1.807, 2.05) is 6.92 Å². The maximum Gasteiger partial charge on any atom is 0.338 e. The number of carboxylic acids is 1. The van der Waals surface area contributed by atoms with Gasteiger partial charge in [-0.15, -0.1) is 0 Å². The fourth-order valence-electron chi connectivity index (χ4n) is 1.84. The number of benzene rings is 1. The van der Waals surface area contributed by atoms with Crippen LogP contribution < -0.4 is 0 Å². The van der Waals surface area contributed by atoms with Gasteiger partial charge in [0.05, 0.1) is 11.3 Å². The molecule has 0 atom stereocenters. The zero-order valence-electron chi connectivity index (χ0n) is 10.4. The minimum Gasteiger partial charge on any atom is -0.478 e. The van der Waals surface area contributed by atoms with E-state index in [4.69, 9.17) is 5.11 Å². The van der Waals surface area contributed by atoms with Crippen molar-refractivity contribution in [2.24, 2.45) is 0 Å². The molecule has 0 aliphatic heterocycles. The van der Waals surface area contributed by atoms with Crippen LogP contribution in [0, 0.1) is 26.6 Å². The maximum absolute atomic E-state index is 13.9. The van der Waals surface area contributed by atoms with Crippen LogP contribution >= 0.6 is 0 Å². The van der Waals surface area contributed by atoms with E-state index in [9.17, 15) is 9.18 Å². The van der Waals surface area contributed by atoms with Gasteiger partial charge < -0.3 is 5.11 Å². The molecule has 0 radical (unpaired) electrons. The van der Waals surface area contributed by atoms with Crippen LogP contribution in [0.3, 0.4) is 0 Å². The van der Waals surface area contributed by atoms with Gasteiger partial charge in [-0.1, -0.05) is 6.07 Å². The molecular weight excluding hydrogens is 235 g/mol. The largest absolute Gasteiger partial charge is 0.478 e. The molecule has 0 aliphatic carbocycles. The average Bonchev–Trinajstić information content (AvgIpc) is 2.56. The minimum absolute atomic E-state index is 0.0151. The van der Waals surface area contributed by atoms with Crippen molar-refractivity contribution in [3.05, 3.63) is 46.5 Å². The fraction of sp³-hybridized carbons (Fsp3) is 0.231. The van der Waals surface area contributed by atoms with Gasteiger partial charge in [0.1, 0.15) is 11.5 Å². The summed E-state index contributed by atoms with van der Waals surface area (Å²) in [5.74, 6) is -1.77. The number of para-hydroxylation sites is 1. The maximum atomic E-state index is 13.9. The summed E-state index contributed by atoms with van der Waals surface area (Å²) in [6.07, 6.45) is 0. The highest BCUT2D eigenvalue weighted by Crippen LogP contribution is 2.22. The van der Waals surface area contributed by atoms with E-state index in [-0.39, 0.29) is 11.3 Å². The minimum atomic E-state index is -1.17. The van der Waals surface area contributed by atoms with Crippen molar-refractivity contribution in [1.29, 1.82) is 0 Å². The Hall–Kier alpha value is -2.17. The Balaban J connectivity index is 2.78. The molecule has 0 amide bonds. The first-order valence-corrected chi connectivity index (χ1v) is 5.48. The Morgan fingerprint density at radius 3 is 2.50 bits per heavy atom. The molecule has 94 valence electrons. The third kappa shape index (κ3) is 1.77. The summed E-state index contributed by atoms with van der Waals surface area (Å²) in [5.41, 5.74) is 2.31. The van der Waals surface area contributed by atoms with Crippen LogP contribution in [-0.2, 0) is 0 Å². The van der Waals surface area contributed by atoms with Gasteiger partial charge in [-0.2, -0.15) is 5.10 Å². The summed E-state index contributed by atoms with van der Waals surface area (Å²) in [6, 6.07) is 3.97. The quantitative estimate of drug-likeness (QED) is 0.888. The lowest BCUT2D eigenvalue weighted by molar-refractivity contribution is 0.0696. The highest BCUT2D eigenvalue weighted by atomic mass is 19.1. The Labute approximate surface area is 104 Å². The second-order valence-electron chi connectivity index (χ2n) is 4.15. The molecule has 0 aliphatic rings. The molecule has 0 saturated heterocycles. The zero-order chi connectivity index (χ0) is 13.4. The molecule has 1 aromatic carbocycles. The molecule has 0 saturated carbocycles. The smallest absolute Gasteiger partial charge is 0.338 e. The van der Waals surface area contributed by atoms with E-state index < -0.39 is 11.8 Å². The summed E-state index contributed by atoms with van der Waals surface area (Å²) in [6.45, 7) is 5.46. The lowest BCUT2D eigenvalue weighted by Crippen LogP contribution is -2.10. The van der Waals surface area contributed by atoms with Gasteiger partial charge in [-0.3, -0.25) is 0 Å². The number of aromatic nitrogens is 2. The summed E-state index contributed by atoms with van der Waals surface area (Å²) in [5, 5.41) is 13.3. The van der Waals surface area contributed by atoms with Crippen LogP contribution in [-0.4, -0.2) is 20.9 Å². The van der Waals surface area contributed by atoms with Crippen LogP contribution in [0.5, 0.6) is 0 Å². The van der Waals surface area contributed by atoms with Gasteiger partial charge in [0, 0.05) is 5.69 Å². The number of hydrogen-bond acceptors (Lipinski definition) is 2. The van der Waals surface area contributed by atoms with E-state index in [1.165, 1.54) is 22.9 Å². The van der Waals surface area contributed by atoms with Crippen molar-refractivity contribution < 1.29 is 14.3 Å². The van der Waals surface area contributed by atoms with Crippen LogP contribution in [0.4, 0.5) is 4.39 Å².